The molecule has 0 spiro atoms. The average molecular weight is 544 g/mol. The van der Waals surface area contributed by atoms with Gasteiger partial charge in [0.1, 0.15) is 0 Å². The monoisotopic (exact) mass is 543 g/mol. The van der Waals surface area contributed by atoms with Gasteiger partial charge in [-0.2, -0.15) is 0 Å². The molecular formula is C26H26ClN3O4S2. The number of ether oxygens (including phenoxy) is 1. The van der Waals surface area contributed by atoms with Crippen molar-refractivity contribution < 1.29 is 17.9 Å². The lowest BCUT2D eigenvalue weighted by Crippen LogP contribution is -2.42. The molecule has 0 radical (unpaired) electrons. The molecule has 4 aromatic rings. The highest BCUT2D eigenvalue weighted by Crippen LogP contribution is 2.37. The minimum absolute atomic E-state index is 0.253. The molecule has 4 rings (SSSR count). The van der Waals surface area contributed by atoms with Gasteiger partial charge in [0, 0.05) is 21.8 Å². The van der Waals surface area contributed by atoms with Crippen molar-refractivity contribution >= 4 is 55.0 Å². The van der Waals surface area contributed by atoms with Crippen LogP contribution in [0.15, 0.2) is 60.7 Å². The summed E-state index contributed by atoms with van der Waals surface area (Å²) in [6.45, 7) is 5.62. The maximum Gasteiger partial charge on any atom is 0.414 e. The van der Waals surface area contributed by atoms with Gasteiger partial charge in [-0.25, -0.2) is 18.2 Å². The lowest BCUT2D eigenvalue weighted by atomic mass is 9.98. The molecule has 10 heteroatoms. The van der Waals surface area contributed by atoms with Crippen LogP contribution in [-0.4, -0.2) is 31.3 Å². The molecule has 0 aliphatic heterocycles. The number of benzene rings is 3. The van der Waals surface area contributed by atoms with Gasteiger partial charge >= 0.3 is 6.09 Å². The zero-order valence-corrected chi connectivity index (χ0v) is 22.6. The maximum atomic E-state index is 12.3. The van der Waals surface area contributed by atoms with E-state index in [1.807, 2.05) is 63.2 Å². The second-order valence-corrected chi connectivity index (χ2v) is 12.7. The van der Waals surface area contributed by atoms with Gasteiger partial charge in [0.05, 0.1) is 16.5 Å². The molecule has 0 unspecified atom stereocenters. The standard InChI is InChI=1S/C26H26ClN3O4S2/c1-26(2,3)29-24(31)34-25-28-23-21(18-6-5-7-19(27)15-18)13-17(14-22(23)35-25)12-16-8-10-20(11-9-16)30-36(4,32)33/h5-11,13-15,30H,12H2,1-4H3,(H,29,31). The first-order valence-corrected chi connectivity index (χ1v) is 14.2. The second kappa shape index (κ2) is 10.1. The molecule has 1 aromatic heterocycles. The predicted octanol–water partition coefficient (Wildman–Crippen LogP) is 6.47. The topological polar surface area (TPSA) is 97.4 Å². The molecule has 0 aliphatic rings. The van der Waals surface area contributed by atoms with Crippen molar-refractivity contribution in [2.24, 2.45) is 0 Å². The van der Waals surface area contributed by atoms with Crippen molar-refractivity contribution in [3.05, 3.63) is 76.8 Å². The highest BCUT2D eigenvalue weighted by Gasteiger charge is 2.19. The Kier molecular flexibility index (Phi) is 7.26. The second-order valence-electron chi connectivity index (χ2n) is 9.49. The average Bonchev–Trinajstić information content (AvgIpc) is 3.14. The molecule has 36 heavy (non-hydrogen) atoms. The van der Waals surface area contributed by atoms with Crippen molar-refractivity contribution in [2.75, 3.05) is 11.0 Å². The summed E-state index contributed by atoms with van der Waals surface area (Å²) in [5, 5.41) is 3.63. The fraction of sp³-hybridized carbons (Fsp3) is 0.231. The van der Waals surface area contributed by atoms with E-state index in [1.54, 1.807) is 12.1 Å². The van der Waals surface area contributed by atoms with E-state index in [2.05, 4.69) is 21.1 Å². The van der Waals surface area contributed by atoms with Crippen LogP contribution in [-0.2, 0) is 16.4 Å². The number of amides is 1. The Morgan fingerprint density at radius 3 is 2.42 bits per heavy atom. The van der Waals surface area contributed by atoms with E-state index in [4.69, 9.17) is 16.3 Å². The van der Waals surface area contributed by atoms with Gasteiger partial charge in [-0.15, -0.1) is 0 Å². The van der Waals surface area contributed by atoms with Gasteiger partial charge < -0.3 is 10.1 Å². The molecule has 7 nitrogen and oxygen atoms in total. The number of halogens is 1. The molecule has 0 atom stereocenters. The summed E-state index contributed by atoms with van der Waals surface area (Å²) in [5.74, 6) is 0. The minimum Gasteiger partial charge on any atom is -0.381 e. The number of fused-ring (bicyclic) bond motifs is 1. The summed E-state index contributed by atoms with van der Waals surface area (Å²) in [5.41, 5.74) is 4.61. The Morgan fingerprint density at radius 2 is 1.78 bits per heavy atom. The maximum absolute atomic E-state index is 12.3. The Bertz CT molecular complexity index is 1530. The Morgan fingerprint density at radius 1 is 1.06 bits per heavy atom. The number of rotatable bonds is 6. The summed E-state index contributed by atoms with van der Waals surface area (Å²) in [7, 11) is -3.34. The van der Waals surface area contributed by atoms with Crippen LogP contribution in [0.2, 0.25) is 5.02 Å². The van der Waals surface area contributed by atoms with E-state index in [-0.39, 0.29) is 5.19 Å². The van der Waals surface area contributed by atoms with E-state index in [0.717, 1.165) is 38.7 Å². The zero-order valence-electron chi connectivity index (χ0n) is 20.3. The van der Waals surface area contributed by atoms with Crippen LogP contribution in [0.5, 0.6) is 5.19 Å². The smallest absolute Gasteiger partial charge is 0.381 e. The largest absolute Gasteiger partial charge is 0.414 e. The molecule has 0 fully saturated rings. The molecule has 0 aliphatic carbocycles. The van der Waals surface area contributed by atoms with E-state index < -0.39 is 21.7 Å². The zero-order chi connectivity index (χ0) is 26.1. The number of thiazole rings is 1. The van der Waals surface area contributed by atoms with E-state index in [1.165, 1.54) is 11.3 Å². The molecule has 188 valence electrons. The molecule has 1 heterocycles. The van der Waals surface area contributed by atoms with Crippen LogP contribution in [0.1, 0.15) is 31.9 Å². The molecule has 2 N–H and O–H groups in total. The Balaban J connectivity index is 1.70. The van der Waals surface area contributed by atoms with Crippen LogP contribution in [0.4, 0.5) is 10.5 Å². The van der Waals surface area contributed by atoms with Crippen molar-refractivity contribution in [1.29, 1.82) is 0 Å². The summed E-state index contributed by atoms with van der Waals surface area (Å²) in [6, 6.07) is 18.8. The highest BCUT2D eigenvalue weighted by atomic mass is 35.5. The molecule has 0 saturated heterocycles. The normalized spacial score (nSPS) is 11.9. The summed E-state index contributed by atoms with van der Waals surface area (Å²) < 4.78 is 31.8. The minimum atomic E-state index is -3.34. The van der Waals surface area contributed by atoms with Crippen LogP contribution >= 0.6 is 22.9 Å². The van der Waals surface area contributed by atoms with Crippen molar-refractivity contribution in [1.82, 2.24) is 10.3 Å². The number of hydrogen-bond donors (Lipinski definition) is 2. The van der Waals surface area contributed by atoms with Crippen molar-refractivity contribution in [2.45, 2.75) is 32.7 Å². The third-order valence-electron chi connectivity index (χ3n) is 4.99. The quantitative estimate of drug-likeness (QED) is 0.290. The van der Waals surface area contributed by atoms with Gasteiger partial charge in [-0.3, -0.25) is 4.72 Å². The first-order valence-electron chi connectivity index (χ1n) is 11.1. The van der Waals surface area contributed by atoms with E-state index >= 15 is 0 Å². The molecule has 0 saturated carbocycles. The lowest BCUT2D eigenvalue weighted by molar-refractivity contribution is 0.190. The molecule has 1 amide bonds. The van der Waals surface area contributed by atoms with Crippen LogP contribution in [0.25, 0.3) is 21.3 Å². The number of anilines is 1. The lowest BCUT2D eigenvalue weighted by Gasteiger charge is -2.18. The molecular weight excluding hydrogens is 518 g/mol. The SMILES string of the molecule is CC(C)(C)NC(=O)Oc1nc2c(-c3cccc(Cl)c3)cc(Cc3ccc(NS(C)(=O)=O)cc3)cc2s1. The number of hydrogen-bond acceptors (Lipinski definition) is 6. The Labute approximate surface area is 219 Å². The third-order valence-corrected chi connectivity index (χ3v) is 6.72. The van der Waals surface area contributed by atoms with Gasteiger partial charge in [-0.1, -0.05) is 47.2 Å². The summed E-state index contributed by atoms with van der Waals surface area (Å²) >= 11 is 7.56. The third kappa shape index (κ3) is 6.96. The first-order chi connectivity index (χ1) is 16.8. The number of carbonyl (C=O) groups is 1. The Hall–Kier alpha value is -3.14. The molecule has 0 bridgehead atoms. The van der Waals surface area contributed by atoms with Crippen LogP contribution < -0.4 is 14.8 Å². The first kappa shape index (κ1) is 25.9. The van der Waals surface area contributed by atoms with Gasteiger partial charge in [0.2, 0.25) is 10.0 Å². The summed E-state index contributed by atoms with van der Waals surface area (Å²) in [6.07, 6.45) is 1.17. The van der Waals surface area contributed by atoms with E-state index in [9.17, 15) is 13.2 Å². The predicted molar refractivity (Wildman–Crippen MR) is 147 cm³/mol. The van der Waals surface area contributed by atoms with Gasteiger partial charge in [-0.05, 0) is 80.3 Å². The highest BCUT2D eigenvalue weighted by molar-refractivity contribution is 7.92. The van der Waals surface area contributed by atoms with Gasteiger partial charge in [0.25, 0.3) is 5.19 Å². The van der Waals surface area contributed by atoms with Crippen molar-refractivity contribution in [3.63, 3.8) is 0 Å². The number of nitrogens with one attached hydrogen (secondary N) is 2. The summed E-state index contributed by atoms with van der Waals surface area (Å²) in [4.78, 5) is 16.9. The molecule has 3 aromatic carbocycles. The number of nitrogens with zero attached hydrogens (tertiary/aromatic N) is 1. The van der Waals surface area contributed by atoms with E-state index in [0.29, 0.717) is 17.1 Å². The fourth-order valence-electron chi connectivity index (χ4n) is 3.64. The van der Waals surface area contributed by atoms with Crippen LogP contribution in [0, 0.1) is 0 Å². The van der Waals surface area contributed by atoms with Crippen LogP contribution in [0.3, 0.4) is 0 Å². The van der Waals surface area contributed by atoms with Crippen molar-refractivity contribution in [3.8, 4) is 16.3 Å². The number of sulfonamides is 1. The number of aromatic nitrogens is 1. The fourth-order valence-corrected chi connectivity index (χ4v) is 5.30. The van der Waals surface area contributed by atoms with Gasteiger partial charge in [0.15, 0.2) is 0 Å². The number of carbonyl (C=O) groups excluding carboxylic acids is 1.